The Kier molecular flexibility index (Phi) is 3.73. The zero-order valence-electron chi connectivity index (χ0n) is 11.1. The molecule has 0 aromatic rings. The maximum Gasteiger partial charge on any atom is 0.320 e. The van der Waals surface area contributed by atoms with Gasteiger partial charge in [0.15, 0.2) is 0 Å². The molecule has 4 nitrogen and oxygen atoms in total. The van der Waals surface area contributed by atoms with E-state index in [1.165, 1.54) is 12.8 Å². The Morgan fingerprint density at radius 3 is 2.65 bits per heavy atom. The summed E-state index contributed by atoms with van der Waals surface area (Å²) in [5.41, 5.74) is 0. The van der Waals surface area contributed by atoms with Crippen LogP contribution in [0.2, 0.25) is 0 Å². The molecule has 0 aromatic carbocycles. The second-order valence-corrected chi connectivity index (χ2v) is 5.59. The van der Waals surface area contributed by atoms with E-state index in [0.29, 0.717) is 18.5 Å². The number of likely N-dealkylation sites (N-methyl/N-ethyl adjacent to an activating group) is 1. The zero-order valence-corrected chi connectivity index (χ0v) is 11.1. The molecule has 0 aromatic heterocycles. The molecule has 0 spiro atoms. The number of rotatable bonds is 5. The molecular formula is C13H24N2O2. The van der Waals surface area contributed by atoms with E-state index < -0.39 is 5.97 Å². The molecule has 2 rings (SSSR count). The first-order chi connectivity index (χ1) is 8.04. The molecule has 2 fully saturated rings. The van der Waals surface area contributed by atoms with Crippen molar-refractivity contribution < 1.29 is 9.90 Å². The van der Waals surface area contributed by atoms with E-state index in [1.807, 2.05) is 14.0 Å². The molecule has 4 heteroatoms. The van der Waals surface area contributed by atoms with Gasteiger partial charge in [-0.05, 0) is 39.7 Å². The van der Waals surface area contributed by atoms with Crippen molar-refractivity contribution in [2.45, 2.75) is 63.7 Å². The van der Waals surface area contributed by atoms with Crippen LogP contribution in [-0.4, -0.2) is 58.6 Å². The van der Waals surface area contributed by atoms with Gasteiger partial charge in [0, 0.05) is 24.7 Å². The third-order valence-corrected chi connectivity index (χ3v) is 4.36. The van der Waals surface area contributed by atoms with E-state index in [1.54, 1.807) is 0 Å². The fraction of sp³-hybridized carbons (Fsp3) is 0.923. The average Bonchev–Trinajstić information content (AvgIpc) is 3.02. The minimum atomic E-state index is -0.687. The molecule has 3 unspecified atom stereocenters. The van der Waals surface area contributed by atoms with E-state index in [-0.39, 0.29) is 6.04 Å². The van der Waals surface area contributed by atoms with Gasteiger partial charge in [0.2, 0.25) is 0 Å². The maximum atomic E-state index is 11.2. The molecule has 1 aliphatic carbocycles. The van der Waals surface area contributed by atoms with Crippen LogP contribution >= 0.6 is 0 Å². The summed E-state index contributed by atoms with van der Waals surface area (Å²) in [6.07, 6.45) is 4.45. The molecule has 3 atom stereocenters. The van der Waals surface area contributed by atoms with E-state index in [2.05, 4.69) is 16.7 Å². The van der Waals surface area contributed by atoms with Crippen LogP contribution in [0.1, 0.15) is 39.5 Å². The lowest BCUT2D eigenvalue weighted by molar-refractivity contribution is -0.143. The van der Waals surface area contributed by atoms with Gasteiger partial charge in [-0.3, -0.25) is 14.6 Å². The lowest BCUT2D eigenvalue weighted by Crippen LogP contribution is -2.45. The standard InChI is InChI=1S/C13H24N2O2/c1-4-12(13(16)17)14(3)11-7-9(2)15(8-11)10-5-6-10/h9-12H,4-8H2,1-3H3,(H,16,17). The molecule has 98 valence electrons. The summed E-state index contributed by atoms with van der Waals surface area (Å²) < 4.78 is 0. The average molecular weight is 240 g/mol. The summed E-state index contributed by atoms with van der Waals surface area (Å²) in [5.74, 6) is -0.687. The second kappa shape index (κ2) is 4.94. The Bertz CT molecular complexity index is 291. The van der Waals surface area contributed by atoms with Gasteiger partial charge in [-0.25, -0.2) is 0 Å². The first-order valence-corrected chi connectivity index (χ1v) is 6.75. The van der Waals surface area contributed by atoms with E-state index in [0.717, 1.165) is 19.0 Å². The molecule has 1 aliphatic heterocycles. The minimum Gasteiger partial charge on any atom is -0.480 e. The van der Waals surface area contributed by atoms with Crippen molar-refractivity contribution in [3.63, 3.8) is 0 Å². The summed E-state index contributed by atoms with van der Waals surface area (Å²) in [4.78, 5) is 15.8. The normalized spacial score (nSPS) is 32.0. The van der Waals surface area contributed by atoms with Crippen LogP contribution in [-0.2, 0) is 4.79 Å². The van der Waals surface area contributed by atoms with E-state index in [4.69, 9.17) is 0 Å². The number of hydrogen-bond donors (Lipinski definition) is 1. The van der Waals surface area contributed by atoms with Crippen molar-refractivity contribution >= 4 is 5.97 Å². The smallest absolute Gasteiger partial charge is 0.320 e. The molecule has 2 aliphatic rings. The predicted octanol–water partition coefficient (Wildman–Crippen LogP) is 1.41. The second-order valence-electron chi connectivity index (χ2n) is 5.59. The molecule has 17 heavy (non-hydrogen) atoms. The summed E-state index contributed by atoms with van der Waals surface area (Å²) in [6.45, 7) is 5.27. The molecule has 1 N–H and O–H groups in total. The Balaban J connectivity index is 1.96. The van der Waals surface area contributed by atoms with Crippen molar-refractivity contribution in [1.29, 1.82) is 0 Å². The van der Waals surface area contributed by atoms with Gasteiger partial charge in [-0.2, -0.15) is 0 Å². The van der Waals surface area contributed by atoms with Crippen molar-refractivity contribution in [3.05, 3.63) is 0 Å². The number of nitrogens with zero attached hydrogens (tertiary/aromatic N) is 2. The lowest BCUT2D eigenvalue weighted by Gasteiger charge is -2.29. The number of carboxylic acid groups (broad SMARTS) is 1. The highest BCUT2D eigenvalue weighted by Gasteiger charge is 2.41. The Morgan fingerprint density at radius 1 is 1.53 bits per heavy atom. The first kappa shape index (κ1) is 12.8. The maximum absolute atomic E-state index is 11.2. The van der Waals surface area contributed by atoms with Crippen LogP contribution in [0.15, 0.2) is 0 Å². The summed E-state index contributed by atoms with van der Waals surface area (Å²) in [7, 11) is 1.97. The van der Waals surface area contributed by atoms with Crippen molar-refractivity contribution in [2.24, 2.45) is 0 Å². The fourth-order valence-electron chi connectivity index (χ4n) is 3.13. The molecular weight excluding hydrogens is 216 g/mol. The van der Waals surface area contributed by atoms with Crippen molar-refractivity contribution in [1.82, 2.24) is 9.80 Å². The Labute approximate surface area is 104 Å². The molecule has 1 saturated heterocycles. The lowest BCUT2D eigenvalue weighted by atomic mass is 10.1. The van der Waals surface area contributed by atoms with Crippen LogP contribution in [0.25, 0.3) is 0 Å². The quantitative estimate of drug-likeness (QED) is 0.789. The highest BCUT2D eigenvalue weighted by Crippen LogP contribution is 2.34. The SMILES string of the molecule is CCC(C(=O)O)N(C)C1CC(C)N(C2CC2)C1. The van der Waals surface area contributed by atoms with Crippen molar-refractivity contribution in [3.8, 4) is 0 Å². The van der Waals surface area contributed by atoms with Gasteiger partial charge in [-0.1, -0.05) is 6.92 Å². The van der Waals surface area contributed by atoms with Gasteiger partial charge < -0.3 is 5.11 Å². The monoisotopic (exact) mass is 240 g/mol. The number of likely N-dealkylation sites (tertiary alicyclic amines) is 1. The number of hydrogen-bond acceptors (Lipinski definition) is 3. The largest absolute Gasteiger partial charge is 0.480 e. The summed E-state index contributed by atoms with van der Waals surface area (Å²) in [6, 6.07) is 1.48. The van der Waals surface area contributed by atoms with Crippen LogP contribution < -0.4 is 0 Å². The molecule has 0 radical (unpaired) electrons. The van der Waals surface area contributed by atoms with Crippen molar-refractivity contribution in [2.75, 3.05) is 13.6 Å². The Morgan fingerprint density at radius 2 is 2.18 bits per heavy atom. The zero-order chi connectivity index (χ0) is 12.6. The minimum absolute atomic E-state index is 0.327. The summed E-state index contributed by atoms with van der Waals surface area (Å²) >= 11 is 0. The fourth-order valence-corrected chi connectivity index (χ4v) is 3.13. The predicted molar refractivity (Wildman–Crippen MR) is 67.1 cm³/mol. The number of carbonyl (C=O) groups is 1. The topological polar surface area (TPSA) is 43.8 Å². The van der Waals surface area contributed by atoms with Crippen LogP contribution in [0, 0.1) is 0 Å². The van der Waals surface area contributed by atoms with Gasteiger partial charge in [0.05, 0.1) is 0 Å². The van der Waals surface area contributed by atoms with Crippen LogP contribution in [0.4, 0.5) is 0 Å². The number of aliphatic carboxylic acids is 1. The highest BCUT2D eigenvalue weighted by atomic mass is 16.4. The molecule has 0 bridgehead atoms. The third-order valence-electron chi connectivity index (χ3n) is 4.36. The van der Waals surface area contributed by atoms with Gasteiger partial charge in [0.1, 0.15) is 6.04 Å². The van der Waals surface area contributed by atoms with Gasteiger partial charge in [0.25, 0.3) is 0 Å². The van der Waals surface area contributed by atoms with E-state index >= 15 is 0 Å². The van der Waals surface area contributed by atoms with Crippen LogP contribution in [0.3, 0.4) is 0 Å². The van der Waals surface area contributed by atoms with Gasteiger partial charge >= 0.3 is 5.97 Å². The summed E-state index contributed by atoms with van der Waals surface area (Å²) in [5, 5.41) is 9.20. The van der Waals surface area contributed by atoms with Gasteiger partial charge in [-0.15, -0.1) is 0 Å². The third kappa shape index (κ3) is 2.63. The van der Waals surface area contributed by atoms with E-state index in [9.17, 15) is 9.90 Å². The Hall–Kier alpha value is -0.610. The van der Waals surface area contributed by atoms with Crippen LogP contribution in [0.5, 0.6) is 0 Å². The highest BCUT2D eigenvalue weighted by molar-refractivity contribution is 5.73. The molecule has 1 saturated carbocycles. The molecule has 0 amide bonds. The molecule has 1 heterocycles. The first-order valence-electron chi connectivity index (χ1n) is 6.75. The number of carboxylic acids is 1.